The molecule has 0 bridgehead atoms. The highest BCUT2D eigenvalue weighted by molar-refractivity contribution is 6.04. The van der Waals surface area contributed by atoms with Gasteiger partial charge in [0.1, 0.15) is 11.9 Å². The number of ketones is 1. The summed E-state index contributed by atoms with van der Waals surface area (Å²) in [6.45, 7) is 5.82. The van der Waals surface area contributed by atoms with E-state index in [2.05, 4.69) is 0 Å². The summed E-state index contributed by atoms with van der Waals surface area (Å²) in [5, 5.41) is 30.9. The Morgan fingerprint density at radius 3 is 2.48 bits per heavy atom. The number of aliphatic hydroxyl groups is 3. The Bertz CT molecular complexity index is 773. The SMILES string of the molecule is COc1ccc(C(=O)/C=C(\C)C[C@@H]2OC[C@H](C[C@@H]3O[C@H]3C(C)[C@H](C)O)[C@@H](O)[C@H]2O)cc1. The lowest BCUT2D eigenvalue weighted by Gasteiger charge is -2.38. The standard InChI is InChI=1S/C24H34O7/c1-13(9-19(26)16-5-7-18(29-4)8-6-16)10-20-23(28)22(27)17(12-30-20)11-21-24(31-21)14(2)15(3)25/h5-9,14-15,17,20-25,27-28H,10-12H2,1-4H3/b13-9+/t14?,15-,17-,20-,21-,22+,23-,24-/m0/s1. The van der Waals surface area contributed by atoms with Crippen LogP contribution in [0.5, 0.6) is 5.75 Å². The fourth-order valence-electron chi connectivity index (χ4n) is 4.15. The van der Waals surface area contributed by atoms with Crippen LogP contribution in [0.3, 0.4) is 0 Å². The molecule has 0 aromatic heterocycles. The van der Waals surface area contributed by atoms with Crippen LogP contribution in [0.2, 0.25) is 0 Å². The van der Waals surface area contributed by atoms with Crippen LogP contribution < -0.4 is 4.74 Å². The minimum atomic E-state index is -1.04. The summed E-state index contributed by atoms with van der Waals surface area (Å²) in [7, 11) is 1.57. The van der Waals surface area contributed by atoms with Gasteiger partial charge in [-0.15, -0.1) is 0 Å². The van der Waals surface area contributed by atoms with Gasteiger partial charge in [0.15, 0.2) is 5.78 Å². The highest BCUT2D eigenvalue weighted by Crippen LogP contribution is 2.38. The Morgan fingerprint density at radius 2 is 1.87 bits per heavy atom. The first-order valence-corrected chi connectivity index (χ1v) is 10.9. The minimum Gasteiger partial charge on any atom is -0.497 e. The normalized spacial score (nSPS) is 32.9. The lowest BCUT2D eigenvalue weighted by Crippen LogP contribution is -2.50. The molecular formula is C24H34O7. The van der Waals surface area contributed by atoms with Crippen LogP contribution in [0.4, 0.5) is 0 Å². The molecule has 172 valence electrons. The smallest absolute Gasteiger partial charge is 0.185 e. The molecule has 0 radical (unpaired) electrons. The van der Waals surface area contributed by atoms with Crippen LogP contribution >= 0.6 is 0 Å². The topological polar surface area (TPSA) is 109 Å². The van der Waals surface area contributed by atoms with Crippen molar-refractivity contribution >= 4 is 5.78 Å². The molecule has 1 aromatic rings. The molecule has 8 atom stereocenters. The van der Waals surface area contributed by atoms with E-state index >= 15 is 0 Å². The van der Waals surface area contributed by atoms with Crippen LogP contribution in [0, 0.1) is 11.8 Å². The van der Waals surface area contributed by atoms with Crippen molar-refractivity contribution in [2.45, 2.75) is 70.2 Å². The Morgan fingerprint density at radius 1 is 1.19 bits per heavy atom. The van der Waals surface area contributed by atoms with Crippen molar-refractivity contribution in [3.05, 3.63) is 41.5 Å². The molecule has 3 rings (SSSR count). The van der Waals surface area contributed by atoms with Gasteiger partial charge in [-0.3, -0.25) is 4.79 Å². The molecule has 0 saturated carbocycles. The van der Waals surface area contributed by atoms with Crippen molar-refractivity contribution in [3.8, 4) is 5.75 Å². The second-order valence-corrected chi connectivity index (χ2v) is 8.88. The summed E-state index contributed by atoms with van der Waals surface area (Å²) in [4.78, 5) is 12.5. The summed E-state index contributed by atoms with van der Waals surface area (Å²) >= 11 is 0. The van der Waals surface area contributed by atoms with Crippen molar-refractivity contribution < 1.29 is 34.3 Å². The number of carbonyl (C=O) groups is 1. The third-order valence-corrected chi connectivity index (χ3v) is 6.45. The quantitative estimate of drug-likeness (QED) is 0.310. The molecule has 31 heavy (non-hydrogen) atoms. The first-order chi connectivity index (χ1) is 14.7. The molecule has 0 amide bonds. The molecule has 2 fully saturated rings. The van der Waals surface area contributed by atoms with E-state index in [1.165, 1.54) is 6.08 Å². The molecule has 2 aliphatic rings. The predicted molar refractivity (Wildman–Crippen MR) is 115 cm³/mol. The maximum absolute atomic E-state index is 12.5. The van der Waals surface area contributed by atoms with Crippen molar-refractivity contribution in [1.29, 1.82) is 0 Å². The van der Waals surface area contributed by atoms with Gasteiger partial charge in [-0.2, -0.15) is 0 Å². The fraction of sp³-hybridized carbons (Fsp3) is 0.625. The van der Waals surface area contributed by atoms with Gasteiger partial charge in [0.2, 0.25) is 0 Å². The molecule has 0 aliphatic carbocycles. The molecular weight excluding hydrogens is 400 g/mol. The van der Waals surface area contributed by atoms with E-state index in [1.807, 2.05) is 13.8 Å². The van der Waals surface area contributed by atoms with Crippen LogP contribution in [0.15, 0.2) is 35.9 Å². The van der Waals surface area contributed by atoms with Crippen LogP contribution in [0.1, 0.15) is 44.0 Å². The maximum atomic E-state index is 12.5. The van der Waals surface area contributed by atoms with Crippen molar-refractivity contribution in [2.24, 2.45) is 11.8 Å². The van der Waals surface area contributed by atoms with E-state index in [0.29, 0.717) is 30.8 Å². The number of carbonyl (C=O) groups excluding carboxylic acids is 1. The van der Waals surface area contributed by atoms with Gasteiger partial charge in [-0.1, -0.05) is 12.5 Å². The van der Waals surface area contributed by atoms with E-state index in [1.54, 1.807) is 38.3 Å². The van der Waals surface area contributed by atoms with Crippen LogP contribution in [-0.4, -0.2) is 71.4 Å². The number of benzene rings is 1. The van der Waals surface area contributed by atoms with Gasteiger partial charge in [0.05, 0.1) is 44.2 Å². The number of aliphatic hydroxyl groups excluding tert-OH is 3. The zero-order valence-electron chi connectivity index (χ0n) is 18.6. The summed E-state index contributed by atoms with van der Waals surface area (Å²) in [5.41, 5.74) is 1.32. The van der Waals surface area contributed by atoms with E-state index in [9.17, 15) is 20.1 Å². The van der Waals surface area contributed by atoms with Crippen LogP contribution in [0.25, 0.3) is 0 Å². The summed E-state index contributed by atoms with van der Waals surface area (Å²) < 4.78 is 16.6. The summed E-state index contributed by atoms with van der Waals surface area (Å²) in [5.74, 6) is 0.351. The van der Waals surface area contributed by atoms with E-state index in [-0.39, 0.29) is 29.8 Å². The average molecular weight is 435 g/mol. The highest BCUT2D eigenvalue weighted by Gasteiger charge is 2.48. The second kappa shape index (κ2) is 10.2. The molecule has 7 nitrogen and oxygen atoms in total. The predicted octanol–water partition coefficient (Wildman–Crippen LogP) is 2.13. The second-order valence-electron chi connectivity index (χ2n) is 8.88. The monoisotopic (exact) mass is 434 g/mol. The number of hydrogen-bond acceptors (Lipinski definition) is 7. The Labute approximate surface area is 183 Å². The molecule has 7 heteroatoms. The lowest BCUT2D eigenvalue weighted by atomic mass is 9.85. The summed E-state index contributed by atoms with van der Waals surface area (Å²) in [6.07, 6.45) is -0.550. The average Bonchev–Trinajstić information content (AvgIpc) is 3.51. The van der Waals surface area contributed by atoms with Gasteiger partial charge < -0.3 is 29.5 Å². The highest BCUT2D eigenvalue weighted by atomic mass is 16.6. The molecule has 2 heterocycles. The van der Waals surface area contributed by atoms with E-state index in [4.69, 9.17) is 14.2 Å². The molecule has 1 aromatic carbocycles. The third-order valence-electron chi connectivity index (χ3n) is 6.45. The third kappa shape index (κ3) is 5.93. The number of hydrogen-bond donors (Lipinski definition) is 3. The zero-order chi connectivity index (χ0) is 22.7. The number of rotatable bonds is 9. The molecule has 2 aliphatic heterocycles. The van der Waals surface area contributed by atoms with Gasteiger partial charge in [-0.05, 0) is 57.0 Å². The Hall–Kier alpha value is -1.77. The largest absolute Gasteiger partial charge is 0.497 e. The van der Waals surface area contributed by atoms with Gasteiger partial charge >= 0.3 is 0 Å². The van der Waals surface area contributed by atoms with Crippen LogP contribution in [-0.2, 0) is 9.47 Å². The van der Waals surface area contributed by atoms with Gasteiger partial charge in [-0.25, -0.2) is 0 Å². The first-order valence-electron chi connectivity index (χ1n) is 10.9. The molecule has 3 N–H and O–H groups in total. The molecule has 2 saturated heterocycles. The van der Waals surface area contributed by atoms with Gasteiger partial charge in [0, 0.05) is 17.4 Å². The first kappa shape index (κ1) is 23.9. The lowest BCUT2D eigenvalue weighted by molar-refractivity contribution is -0.165. The Kier molecular flexibility index (Phi) is 7.88. The minimum absolute atomic E-state index is 0.0174. The number of methoxy groups -OCH3 is 1. The van der Waals surface area contributed by atoms with Crippen molar-refractivity contribution in [1.82, 2.24) is 0 Å². The maximum Gasteiger partial charge on any atom is 0.185 e. The van der Waals surface area contributed by atoms with Gasteiger partial charge in [0.25, 0.3) is 0 Å². The number of epoxide rings is 1. The number of ether oxygens (including phenoxy) is 3. The van der Waals surface area contributed by atoms with E-state index < -0.39 is 24.4 Å². The Balaban J connectivity index is 1.51. The van der Waals surface area contributed by atoms with Crippen molar-refractivity contribution in [3.63, 3.8) is 0 Å². The zero-order valence-corrected chi connectivity index (χ0v) is 18.6. The number of allylic oxidation sites excluding steroid dienone is 1. The molecule has 1 unspecified atom stereocenters. The van der Waals surface area contributed by atoms with E-state index in [0.717, 1.165) is 5.57 Å². The fourth-order valence-corrected chi connectivity index (χ4v) is 4.15. The van der Waals surface area contributed by atoms with Crippen molar-refractivity contribution in [2.75, 3.05) is 13.7 Å². The molecule has 0 spiro atoms. The summed E-state index contributed by atoms with van der Waals surface area (Å²) in [6, 6.07) is 6.88.